The molecule has 0 aliphatic heterocycles. The molecule has 2 heterocycles. The minimum Gasteiger partial charge on any atom is -0.444 e. The number of hydrogen-bond acceptors (Lipinski definition) is 5. The lowest BCUT2D eigenvalue weighted by molar-refractivity contribution is 0.479. The Morgan fingerprint density at radius 1 is 1.56 bits per heavy atom. The highest BCUT2D eigenvalue weighted by Gasteiger charge is 2.05. The molecule has 0 aromatic carbocycles. The molecule has 0 radical (unpaired) electrons. The first kappa shape index (κ1) is 10.9. The molecule has 0 saturated carbocycles. The molecule has 0 bridgehead atoms. The maximum Gasteiger partial charge on any atom is 0.280 e. The van der Waals surface area contributed by atoms with E-state index in [1.54, 1.807) is 6.20 Å². The summed E-state index contributed by atoms with van der Waals surface area (Å²) in [4.78, 5) is 15.2. The van der Waals surface area contributed by atoms with Crippen molar-refractivity contribution in [1.29, 1.82) is 0 Å². The maximum atomic E-state index is 11.2. The molecule has 0 saturated heterocycles. The van der Waals surface area contributed by atoms with Crippen LogP contribution in [-0.4, -0.2) is 15.2 Å². The topological polar surface area (TPSA) is 83.8 Å². The molecule has 0 amide bonds. The molecule has 16 heavy (non-hydrogen) atoms. The van der Waals surface area contributed by atoms with Crippen molar-refractivity contribution in [2.75, 3.05) is 5.32 Å². The van der Waals surface area contributed by atoms with Gasteiger partial charge in [0, 0.05) is 0 Å². The average molecular weight is 285 g/mol. The lowest BCUT2D eigenvalue weighted by atomic mass is 10.4. The first-order chi connectivity index (χ1) is 7.66. The standard InChI is InChI=1S/C9H9BrN4O2/c1-5-2-12-7(16-5)4-11-6-3-13-14-9(15)8(6)10/h2-3H,4H2,1H3,(H2,11,14,15). The third-order valence-electron chi connectivity index (χ3n) is 1.89. The number of rotatable bonds is 3. The van der Waals surface area contributed by atoms with Crippen LogP contribution < -0.4 is 10.9 Å². The number of aromatic amines is 1. The first-order valence-corrected chi connectivity index (χ1v) is 5.34. The fraction of sp³-hybridized carbons (Fsp3) is 0.222. The van der Waals surface area contributed by atoms with E-state index in [1.807, 2.05) is 6.92 Å². The Labute approximate surface area is 99.2 Å². The van der Waals surface area contributed by atoms with Crippen molar-refractivity contribution in [2.24, 2.45) is 0 Å². The highest BCUT2D eigenvalue weighted by atomic mass is 79.9. The van der Waals surface area contributed by atoms with Gasteiger partial charge in [0.25, 0.3) is 5.56 Å². The quantitative estimate of drug-likeness (QED) is 0.891. The van der Waals surface area contributed by atoms with Crippen LogP contribution in [0.1, 0.15) is 11.7 Å². The molecular formula is C9H9BrN4O2. The molecule has 2 aromatic rings. The van der Waals surface area contributed by atoms with E-state index in [-0.39, 0.29) is 5.56 Å². The van der Waals surface area contributed by atoms with Gasteiger partial charge in [-0.2, -0.15) is 5.10 Å². The SMILES string of the molecule is Cc1cnc(CNc2cn[nH]c(=O)c2Br)o1. The molecule has 0 aliphatic carbocycles. The van der Waals surface area contributed by atoms with E-state index in [0.29, 0.717) is 22.6 Å². The van der Waals surface area contributed by atoms with Crippen molar-refractivity contribution in [1.82, 2.24) is 15.2 Å². The van der Waals surface area contributed by atoms with Crippen molar-refractivity contribution in [3.8, 4) is 0 Å². The van der Waals surface area contributed by atoms with Crippen LogP contribution in [0.3, 0.4) is 0 Å². The number of aryl methyl sites for hydroxylation is 1. The Morgan fingerprint density at radius 3 is 3.06 bits per heavy atom. The minimum atomic E-state index is -0.284. The number of oxazole rings is 1. The predicted octanol–water partition coefficient (Wildman–Crippen LogP) is 1.44. The highest BCUT2D eigenvalue weighted by Crippen LogP contribution is 2.16. The van der Waals surface area contributed by atoms with Crippen molar-refractivity contribution < 1.29 is 4.42 Å². The summed E-state index contributed by atoms with van der Waals surface area (Å²) in [5, 5.41) is 8.99. The van der Waals surface area contributed by atoms with Gasteiger partial charge in [-0.25, -0.2) is 10.1 Å². The van der Waals surface area contributed by atoms with Crippen molar-refractivity contribution in [3.63, 3.8) is 0 Å². The summed E-state index contributed by atoms with van der Waals surface area (Å²) in [5.74, 6) is 1.31. The van der Waals surface area contributed by atoms with Crippen LogP contribution in [0.5, 0.6) is 0 Å². The molecule has 0 aliphatic rings. The third-order valence-corrected chi connectivity index (χ3v) is 2.68. The van der Waals surface area contributed by atoms with Crippen molar-refractivity contribution in [3.05, 3.63) is 38.9 Å². The fourth-order valence-electron chi connectivity index (χ4n) is 1.16. The molecule has 84 valence electrons. The molecule has 2 rings (SSSR count). The number of anilines is 1. The molecule has 2 N–H and O–H groups in total. The second-order valence-corrected chi connectivity index (χ2v) is 3.94. The summed E-state index contributed by atoms with van der Waals surface area (Å²) in [7, 11) is 0. The molecule has 0 fully saturated rings. The summed E-state index contributed by atoms with van der Waals surface area (Å²) in [6, 6.07) is 0. The third kappa shape index (κ3) is 2.30. The predicted molar refractivity (Wildman–Crippen MR) is 61.1 cm³/mol. The lowest BCUT2D eigenvalue weighted by Crippen LogP contribution is -2.12. The number of nitrogens with one attached hydrogen (secondary N) is 2. The molecule has 6 nitrogen and oxygen atoms in total. The van der Waals surface area contributed by atoms with Crippen LogP contribution >= 0.6 is 15.9 Å². The van der Waals surface area contributed by atoms with Gasteiger partial charge in [0.15, 0.2) is 0 Å². The second kappa shape index (κ2) is 4.48. The number of aromatic nitrogens is 3. The number of H-pyrrole nitrogens is 1. The van der Waals surface area contributed by atoms with E-state index < -0.39 is 0 Å². The largest absolute Gasteiger partial charge is 0.444 e. The van der Waals surface area contributed by atoms with Gasteiger partial charge in [0.2, 0.25) is 5.89 Å². The van der Waals surface area contributed by atoms with E-state index in [9.17, 15) is 4.79 Å². The van der Waals surface area contributed by atoms with Gasteiger partial charge in [-0.3, -0.25) is 4.79 Å². The molecule has 0 atom stereocenters. The Bertz CT molecular complexity index is 548. The van der Waals surface area contributed by atoms with E-state index in [1.165, 1.54) is 6.20 Å². The van der Waals surface area contributed by atoms with Gasteiger partial charge in [-0.1, -0.05) is 0 Å². The van der Waals surface area contributed by atoms with Crippen LogP contribution in [0.25, 0.3) is 0 Å². The normalized spacial score (nSPS) is 10.4. The van der Waals surface area contributed by atoms with Gasteiger partial charge >= 0.3 is 0 Å². The van der Waals surface area contributed by atoms with Gasteiger partial charge in [-0.15, -0.1) is 0 Å². The zero-order valence-electron chi connectivity index (χ0n) is 8.45. The van der Waals surface area contributed by atoms with E-state index in [2.05, 4.69) is 36.4 Å². The first-order valence-electron chi connectivity index (χ1n) is 4.55. The zero-order valence-corrected chi connectivity index (χ0v) is 10.0. The van der Waals surface area contributed by atoms with Gasteiger partial charge < -0.3 is 9.73 Å². The highest BCUT2D eigenvalue weighted by molar-refractivity contribution is 9.10. The number of hydrogen-bond donors (Lipinski definition) is 2. The molecule has 7 heteroatoms. The van der Waals surface area contributed by atoms with Gasteiger partial charge in [0.1, 0.15) is 10.2 Å². The summed E-state index contributed by atoms with van der Waals surface area (Å²) in [6.07, 6.45) is 3.16. The number of halogens is 1. The Hall–Kier alpha value is -1.63. The Morgan fingerprint density at radius 2 is 2.38 bits per heavy atom. The monoisotopic (exact) mass is 284 g/mol. The van der Waals surface area contributed by atoms with Gasteiger partial charge in [-0.05, 0) is 22.9 Å². The van der Waals surface area contributed by atoms with Gasteiger partial charge in [0.05, 0.1) is 24.6 Å². The minimum absolute atomic E-state index is 0.284. The molecule has 0 spiro atoms. The van der Waals surface area contributed by atoms with E-state index >= 15 is 0 Å². The van der Waals surface area contributed by atoms with E-state index in [4.69, 9.17) is 4.42 Å². The van der Waals surface area contributed by atoms with E-state index in [0.717, 1.165) is 5.76 Å². The fourth-order valence-corrected chi connectivity index (χ4v) is 1.49. The zero-order chi connectivity index (χ0) is 11.5. The smallest absolute Gasteiger partial charge is 0.280 e. The van der Waals surface area contributed by atoms with Crippen molar-refractivity contribution >= 4 is 21.6 Å². The van der Waals surface area contributed by atoms with Crippen LogP contribution in [0.2, 0.25) is 0 Å². The van der Waals surface area contributed by atoms with Crippen molar-refractivity contribution in [2.45, 2.75) is 13.5 Å². The lowest BCUT2D eigenvalue weighted by Gasteiger charge is -2.03. The molecule has 0 unspecified atom stereocenters. The van der Waals surface area contributed by atoms with Crippen LogP contribution in [0.4, 0.5) is 5.69 Å². The Kier molecular flexibility index (Phi) is 3.04. The van der Waals surface area contributed by atoms with Crippen LogP contribution in [0.15, 0.2) is 26.1 Å². The average Bonchev–Trinajstić information content (AvgIpc) is 2.67. The molecule has 2 aromatic heterocycles. The number of nitrogens with zero attached hydrogens (tertiary/aromatic N) is 2. The summed E-state index contributed by atoms with van der Waals surface area (Å²) in [5.41, 5.74) is 0.313. The summed E-state index contributed by atoms with van der Waals surface area (Å²) < 4.78 is 5.69. The maximum absolute atomic E-state index is 11.2. The van der Waals surface area contributed by atoms with Crippen LogP contribution in [0, 0.1) is 6.92 Å². The summed E-state index contributed by atoms with van der Waals surface area (Å²) in [6.45, 7) is 2.22. The Balaban J connectivity index is 2.10. The molecular weight excluding hydrogens is 276 g/mol. The second-order valence-electron chi connectivity index (χ2n) is 3.14. The summed E-state index contributed by atoms with van der Waals surface area (Å²) >= 11 is 3.16. The van der Waals surface area contributed by atoms with Crippen LogP contribution in [-0.2, 0) is 6.54 Å².